The van der Waals surface area contributed by atoms with Crippen molar-refractivity contribution < 1.29 is 8.42 Å². The Morgan fingerprint density at radius 1 is 1.35 bits per heavy atom. The minimum atomic E-state index is -3.34. The van der Waals surface area contributed by atoms with Crippen LogP contribution in [0.25, 0.3) is 0 Å². The number of hydrogen-bond acceptors (Lipinski definition) is 3. The Morgan fingerprint density at radius 2 is 1.88 bits per heavy atom. The minimum Gasteiger partial charge on any atom is -0.330 e. The summed E-state index contributed by atoms with van der Waals surface area (Å²) in [6.07, 6.45) is 2.50. The maximum absolute atomic E-state index is 12.1. The molecule has 0 aromatic rings. The zero-order valence-corrected chi connectivity index (χ0v) is 11.9. The van der Waals surface area contributed by atoms with Crippen molar-refractivity contribution in [3.05, 3.63) is 0 Å². The Balaban J connectivity index is 2.61. The normalized spacial score (nSPS) is 20.7. The van der Waals surface area contributed by atoms with Crippen molar-refractivity contribution in [3.8, 4) is 0 Å². The zero-order valence-electron chi connectivity index (χ0n) is 11.1. The monoisotopic (exact) mass is 263 g/mol. The van der Waals surface area contributed by atoms with Crippen LogP contribution in [0.5, 0.6) is 0 Å². The standard InChI is InChI=1S/C11H25N3O2S/c1-4-11(2,3)13-17(15,16)14-7-5-10(9-12)6-8-14/h10,13H,4-9,12H2,1-3H3. The molecular formula is C11H25N3O2S. The van der Waals surface area contributed by atoms with E-state index in [-0.39, 0.29) is 5.54 Å². The van der Waals surface area contributed by atoms with Gasteiger partial charge in [-0.25, -0.2) is 0 Å². The molecule has 0 unspecified atom stereocenters. The van der Waals surface area contributed by atoms with E-state index in [2.05, 4.69) is 4.72 Å². The van der Waals surface area contributed by atoms with E-state index in [0.717, 1.165) is 19.3 Å². The summed E-state index contributed by atoms with van der Waals surface area (Å²) < 4.78 is 28.6. The van der Waals surface area contributed by atoms with E-state index in [1.54, 1.807) is 0 Å². The molecule has 0 radical (unpaired) electrons. The van der Waals surface area contributed by atoms with Crippen LogP contribution >= 0.6 is 0 Å². The van der Waals surface area contributed by atoms with Crippen molar-refractivity contribution in [2.24, 2.45) is 11.7 Å². The lowest BCUT2D eigenvalue weighted by Gasteiger charge is -2.34. The van der Waals surface area contributed by atoms with Crippen molar-refractivity contribution in [3.63, 3.8) is 0 Å². The molecule has 0 atom stereocenters. The van der Waals surface area contributed by atoms with Crippen LogP contribution in [0.4, 0.5) is 0 Å². The molecule has 17 heavy (non-hydrogen) atoms. The smallest absolute Gasteiger partial charge is 0.279 e. The molecule has 0 aromatic carbocycles. The van der Waals surface area contributed by atoms with Crippen molar-refractivity contribution in [2.75, 3.05) is 19.6 Å². The summed E-state index contributed by atoms with van der Waals surface area (Å²) in [6, 6.07) is 0. The van der Waals surface area contributed by atoms with Gasteiger partial charge in [-0.05, 0) is 45.6 Å². The molecule has 0 bridgehead atoms. The van der Waals surface area contributed by atoms with E-state index < -0.39 is 10.2 Å². The number of hydrogen-bond donors (Lipinski definition) is 2. The number of rotatable bonds is 5. The third kappa shape index (κ3) is 4.21. The SMILES string of the molecule is CCC(C)(C)NS(=O)(=O)N1CCC(CN)CC1. The molecule has 1 aliphatic heterocycles. The molecule has 0 saturated carbocycles. The first kappa shape index (κ1) is 14.9. The largest absolute Gasteiger partial charge is 0.330 e. The van der Waals surface area contributed by atoms with Gasteiger partial charge in [-0.1, -0.05) is 6.92 Å². The molecule has 5 nitrogen and oxygen atoms in total. The van der Waals surface area contributed by atoms with E-state index in [9.17, 15) is 8.42 Å². The molecular weight excluding hydrogens is 238 g/mol. The first-order valence-corrected chi connectivity index (χ1v) is 7.74. The van der Waals surface area contributed by atoms with Crippen molar-refractivity contribution in [2.45, 2.75) is 45.6 Å². The molecule has 0 aliphatic carbocycles. The number of piperidine rings is 1. The van der Waals surface area contributed by atoms with Gasteiger partial charge in [0.25, 0.3) is 10.2 Å². The summed E-state index contributed by atoms with van der Waals surface area (Å²) in [6.45, 7) is 7.59. The van der Waals surface area contributed by atoms with Gasteiger partial charge >= 0.3 is 0 Å². The van der Waals surface area contributed by atoms with Gasteiger partial charge in [-0.2, -0.15) is 17.4 Å². The minimum absolute atomic E-state index is 0.385. The molecule has 1 aliphatic rings. The summed E-state index contributed by atoms with van der Waals surface area (Å²) in [5.74, 6) is 0.473. The average Bonchev–Trinajstić information content (AvgIpc) is 2.28. The maximum Gasteiger partial charge on any atom is 0.279 e. The van der Waals surface area contributed by atoms with Gasteiger partial charge < -0.3 is 5.73 Å². The summed E-state index contributed by atoms with van der Waals surface area (Å²) in [7, 11) is -3.34. The molecule has 1 fully saturated rings. The van der Waals surface area contributed by atoms with Gasteiger partial charge in [0.15, 0.2) is 0 Å². The summed E-state index contributed by atoms with van der Waals surface area (Å²) in [5, 5.41) is 0. The zero-order chi connectivity index (χ0) is 13.1. The predicted molar refractivity (Wildman–Crippen MR) is 69.8 cm³/mol. The number of nitrogens with two attached hydrogens (primary N) is 1. The average molecular weight is 263 g/mol. The van der Waals surface area contributed by atoms with Crippen LogP contribution < -0.4 is 10.5 Å². The van der Waals surface area contributed by atoms with E-state index in [1.807, 2.05) is 20.8 Å². The molecule has 102 valence electrons. The van der Waals surface area contributed by atoms with Crippen LogP contribution in [0.1, 0.15) is 40.0 Å². The third-order valence-corrected chi connectivity index (χ3v) is 5.39. The fraction of sp³-hybridized carbons (Fsp3) is 1.00. The summed E-state index contributed by atoms with van der Waals surface area (Å²) in [5.41, 5.74) is 5.21. The molecule has 1 saturated heterocycles. The Kier molecular flexibility index (Phi) is 4.95. The second kappa shape index (κ2) is 5.65. The highest BCUT2D eigenvalue weighted by molar-refractivity contribution is 7.87. The van der Waals surface area contributed by atoms with Gasteiger partial charge in [0.05, 0.1) is 0 Å². The molecule has 3 N–H and O–H groups in total. The van der Waals surface area contributed by atoms with Crippen molar-refractivity contribution >= 4 is 10.2 Å². The Morgan fingerprint density at radius 3 is 2.29 bits per heavy atom. The van der Waals surface area contributed by atoms with Crippen LogP contribution in [0, 0.1) is 5.92 Å². The highest BCUT2D eigenvalue weighted by atomic mass is 32.2. The van der Waals surface area contributed by atoms with E-state index in [4.69, 9.17) is 5.73 Å². The molecule has 0 spiro atoms. The highest BCUT2D eigenvalue weighted by Crippen LogP contribution is 2.19. The lowest BCUT2D eigenvalue weighted by atomic mass is 9.99. The fourth-order valence-corrected chi connectivity index (χ4v) is 3.53. The second-order valence-corrected chi connectivity index (χ2v) is 7.09. The van der Waals surface area contributed by atoms with Crippen LogP contribution in [-0.2, 0) is 10.2 Å². The van der Waals surface area contributed by atoms with Crippen LogP contribution in [-0.4, -0.2) is 37.9 Å². The summed E-state index contributed by atoms with van der Waals surface area (Å²) >= 11 is 0. The van der Waals surface area contributed by atoms with Gasteiger partial charge in [0, 0.05) is 18.6 Å². The van der Waals surface area contributed by atoms with E-state index in [0.29, 0.717) is 25.6 Å². The predicted octanol–water partition coefficient (Wildman–Crippen LogP) is 0.680. The lowest BCUT2D eigenvalue weighted by Crippen LogP contribution is -2.52. The van der Waals surface area contributed by atoms with Gasteiger partial charge in [0.1, 0.15) is 0 Å². The Labute approximate surface area is 105 Å². The van der Waals surface area contributed by atoms with Crippen molar-refractivity contribution in [1.29, 1.82) is 0 Å². The molecule has 1 rings (SSSR count). The Bertz CT molecular complexity index is 333. The van der Waals surface area contributed by atoms with Gasteiger partial charge in [-0.3, -0.25) is 0 Å². The van der Waals surface area contributed by atoms with E-state index >= 15 is 0 Å². The maximum atomic E-state index is 12.1. The second-order valence-electron chi connectivity index (χ2n) is 5.42. The summed E-state index contributed by atoms with van der Waals surface area (Å²) in [4.78, 5) is 0. The van der Waals surface area contributed by atoms with Crippen LogP contribution in [0.15, 0.2) is 0 Å². The Hall–Kier alpha value is -0.170. The van der Waals surface area contributed by atoms with Gasteiger partial charge in [0.2, 0.25) is 0 Å². The number of nitrogens with zero attached hydrogens (tertiary/aromatic N) is 1. The first-order chi connectivity index (χ1) is 7.80. The van der Waals surface area contributed by atoms with Crippen molar-refractivity contribution in [1.82, 2.24) is 9.03 Å². The lowest BCUT2D eigenvalue weighted by molar-refractivity contribution is 0.270. The van der Waals surface area contributed by atoms with Gasteiger partial charge in [-0.15, -0.1) is 0 Å². The third-order valence-electron chi connectivity index (χ3n) is 3.54. The molecule has 6 heteroatoms. The topological polar surface area (TPSA) is 75.4 Å². The number of nitrogens with one attached hydrogen (secondary N) is 1. The quantitative estimate of drug-likeness (QED) is 0.766. The highest BCUT2D eigenvalue weighted by Gasteiger charge is 2.31. The fourth-order valence-electron chi connectivity index (χ4n) is 1.87. The van der Waals surface area contributed by atoms with E-state index in [1.165, 1.54) is 4.31 Å². The van der Waals surface area contributed by atoms with Crippen LogP contribution in [0.2, 0.25) is 0 Å². The first-order valence-electron chi connectivity index (χ1n) is 6.30. The van der Waals surface area contributed by atoms with Crippen LogP contribution in [0.3, 0.4) is 0 Å². The molecule has 1 heterocycles. The molecule has 0 amide bonds. The molecule has 0 aromatic heterocycles.